The SMILES string of the molecule is COCC1=C(C(=O)OC)CN(C(=O)NCCN(c2ccc(F)c(F)c2)C2CCC(c3ccccn3)CC2)C(=O)N1. The van der Waals surface area contributed by atoms with Crippen molar-refractivity contribution in [3.63, 3.8) is 0 Å². The van der Waals surface area contributed by atoms with Gasteiger partial charge in [-0.3, -0.25) is 4.98 Å². The summed E-state index contributed by atoms with van der Waals surface area (Å²) in [4.78, 5) is 45.0. The number of esters is 1. The lowest BCUT2D eigenvalue weighted by Crippen LogP contribution is -2.54. The Morgan fingerprint density at radius 2 is 1.90 bits per heavy atom. The number of anilines is 1. The van der Waals surface area contributed by atoms with Crippen molar-refractivity contribution in [2.45, 2.75) is 37.6 Å². The third kappa shape index (κ3) is 6.74. The van der Waals surface area contributed by atoms with E-state index in [1.807, 2.05) is 23.1 Å². The summed E-state index contributed by atoms with van der Waals surface area (Å²) in [5.74, 6) is -2.25. The summed E-state index contributed by atoms with van der Waals surface area (Å²) in [7, 11) is 2.62. The minimum Gasteiger partial charge on any atom is -0.466 e. The molecule has 0 unspecified atom stereocenters. The number of hydrogen-bond acceptors (Lipinski definition) is 7. The molecule has 1 aromatic heterocycles. The van der Waals surface area contributed by atoms with Crippen LogP contribution in [0.3, 0.4) is 0 Å². The number of rotatable bonds is 9. The van der Waals surface area contributed by atoms with Gasteiger partial charge in [-0.1, -0.05) is 6.07 Å². The van der Waals surface area contributed by atoms with E-state index in [-0.39, 0.29) is 37.0 Å². The average molecular weight is 558 g/mol. The maximum Gasteiger partial charge on any atom is 0.337 e. The van der Waals surface area contributed by atoms with Crippen LogP contribution in [0.15, 0.2) is 53.9 Å². The smallest absolute Gasteiger partial charge is 0.337 e. The van der Waals surface area contributed by atoms with Crippen molar-refractivity contribution >= 4 is 23.7 Å². The Balaban J connectivity index is 1.42. The second kappa shape index (κ2) is 13.3. The molecule has 0 spiro atoms. The number of nitrogens with zero attached hydrogens (tertiary/aromatic N) is 3. The van der Waals surface area contributed by atoms with Gasteiger partial charge in [0.25, 0.3) is 0 Å². The third-order valence-electron chi connectivity index (χ3n) is 7.26. The molecule has 0 radical (unpaired) electrons. The Morgan fingerprint density at radius 1 is 1.12 bits per heavy atom. The number of amides is 4. The predicted octanol–water partition coefficient (Wildman–Crippen LogP) is 3.70. The van der Waals surface area contributed by atoms with Crippen molar-refractivity contribution in [1.82, 2.24) is 20.5 Å². The molecule has 0 bridgehead atoms. The molecule has 4 amide bonds. The van der Waals surface area contributed by atoms with E-state index < -0.39 is 29.7 Å². The number of ether oxygens (including phenoxy) is 2. The minimum atomic E-state index is -0.951. The molecule has 0 atom stereocenters. The maximum atomic E-state index is 14.2. The maximum absolute atomic E-state index is 14.2. The quantitative estimate of drug-likeness (QED) is 0.452. The molecule has 2 N–H and O–H groups in total. The zero-order valence-electron chi connectivity index (χ0n) is 22.5. The average Bonchev–Trinajstić information content (AvgIpc) is 2.97. The molecule has 1 aliphatic carbocycles. The second-order valence-corrected chi connectivity index (χ2v) is 9.68. The zero-order chi connectivity index (χ0) is 28.6. The summed E-state index contributed by atoms with van der Waals surface area (Å²) in [6.07, 6.45) is 5.16. The Bertz CT molecular complexity index is 1250. The summed E-state index contributed by atoms with van der Waals surface area (Å²) in [5.41, 5.74) is 1.88. The van der Waals surface area contributed by atoms with Gasteiger partial charge in [0.2, 0.25) is 0 Å². The first-order valence-corrected chi connectivity index (χ1v) is 13.1. The van der Waals surface area contributed by atoms with Gasteiger partial charge >= 0.3 is 18.0 Å². The van der Waals surface area contributed by atoms with Gasteiger partial charge in [0, 0.05) is 55.8 Å². The molecule has 2 aliphatic rings. The highest BCUT2D eigenvalue weighted by atomic mass is 19.2. The molecule has 1 aromatic carbocycles. The molecule has 40 heavy (non-hydrogen) atoms. The Hall–Kier alpha value is -4.06. The van der Waals surface area contributed by atoms with E-state index in [0.717, 1.165) is 48.4 Å². The molecule has 2 heterocycles. The number of methoxy groups -OCH3 is 2. The van der Waals surface area contributed by atoms with Crippen LogP contribution in [-0.4, -0.2) is 74.4 Å². The minimum absolute atomic E-state index is 0.0304. The Morgan fingerprint density at radius 3 is 2.55 bits per heavy atom. The molecular formula is C28H33F2N5O5. The van der Waals surface area contributed by atoms with Gasteiger partial charge in [0.15, 0.2) is 11.6 Å². The number of carbonyl (C=O) groups is 3. The highest BCUT2D eigenvalue weighted by molar-refractivity contribution is 6.00. The summed E-state index contributed by atoms with van der Waals surface area (Å²) in [5, 5.41) is 5.21. The number of carbonyl (C=O) groups excluding carboxylic acids is 3. The lowest BCUT2D eigenvalue weighted by molar-refractivity contribution is -0.136. The number of aromatic nitrogens is 1. The highest BCUT2D eigenvalue weighted by Gasteiger charge is 2.33. The van der Waals surface area contributed by atoms with Crippen molar-refractivity contribution in [1.29, 1.82) is 0 Å². The van der Waals surface area contributed by atoms with Crippen LogP contribution in [0.5, 0.6) is 0 Å². The molecule has 4 rings (SSSR count). The first kappa shape index (κ1) is 28.9. The molecule has 214 valence electrons. The molecule has 12 heteroatoms. The van der Waals surface area contributed by atoms with Crippen LogP contribution in [0.1, 0.15) is 37.3 Å². The number of pyridine rings is 1. The first-order chi connectivity index (χ1) is 19.3. The van der Waals surface area contributed by atoms with Gasteiger partial charge in [0.05, 0.1) is 31.5 Å². The van der Waals surface area contributed by atoms with E-state index in [1.54, 1.807) is 6.20 Å². The number of halogens is 2. The molecular weight excluding hydrogens is 524 g/mol. The van der Waals surface area contributed by atoms with E-state index in [4.69, 9.17) is 9.47 Å². The van der Waals surface area contributed by atoms with Crippen LogP contribution in [0.2, 0.25) is 0 Å². The van der Waals surface area contributed by atoms with Gasteiger partial charge in [0.1, 0.15) is 0 Å². The number of imide groups is 1. The molecule has 1 fully saturated rings. The molecule has 1 saturated carbocycles. The Labute approximate surface area is 231 Å². The third-order valence-corrected chi connectivity index (χ3v) is 7.26. The molecule has 2 aromatic rings. The van der Waals surface area contributed by atoms with Crippen molar-refractivity contribution in [2.24, 2.45) is 0 Å². The van der Waals surface area contributed by atoms with Crippen LogP contribution in [0.25, 0.3) is 0 Å². The lowest BCUT2D eigenvalue weighted by Gasteiger charge is -2.38. The number of urea groups is 2. The zero-order valence-corrected chi connectivity index (χ0v) is 22.5. The van der Waals surface area contributed by atoms with E-state index in [9.17, 15) is 23.2 Å². The second-order valence-electron chi connectivity index (χ2n) is 9.68. The Kier molecular flexibility index (Phi) is 9.65. The van der Waals surface area contributed by atoms with Crippen LogP contribution in [0, 0.1) is 11.6 Å². The van der Waals surface area contributed by atoms with Crippen molar-refractivity contribution in [3.8, 4) is 0 Å². The summed E-state index contributed by atoms with van der Waals surface area (Å²) in [6.45, 7) is 0.0919. The summed E-state index contributed by atoms with van der Waals surface area (Å²) in [6, 6.07) is 8.25. The first-order valence-electron chi connectivity index (χ1n) is 13.1. The van der Waals surface area contributed by atoms with Crippen molar-refractivity contribution in [3.05, 3.63) is 71.2 Å². The number of hydrogen-bond donors (Lipinski definition) is 2. The van der Waals surface area contributed by atoms with E-state index >= 15 is 0 Å². The predicted molar refractivity (Wildman–Crippen MR) is 142 cm³/mol. The number of benzene rings is 1. The van der Waals surface area contributed by atoms with Gasteiger partial charge in [-0.05, 0) is 49.9 Å². The van der Waals surface area contributed by atoms with Gasteiger partial charge in [-0.25, -0.2) is 28.1 Å². The topological polar surface area (TPSA) is 113 Å². The fourth-order valence-electron chi connectivity index (χ4n) is 5.21. The van der Waals surface area contributed by atoms with Crippen molar-refractivity contribution in [2.75, 3.05) is 45.4 Å². The van der Waals surface area contributed by atoms with E-state index in [2.05, 4.69) is 15.6 Å². The molecule has 10 nitrogen and oxygen atoms in total. The van der Waals surface area contributed by atoms with Crippen LogP contribution < -0.4 is 15.5 Å². The van der Waals surface area contributed by atoms with E-state index in [0.29, 0.717) is 18.2 Å². The molecule has 1 aliphatic heterocycles. The fraction of sp³-hybridized carbons (Fsp3) is 0.429. The number of nitrogens with one attached hydrogen (secondary N) is 2. The van der Waals surface area contributed by atoms with Gasteiger partial charge < -0.3 is 25.0 Å². The molecule has 0 saturated heterocycles. The lowest BCUT2D eigenvalue weighted by atomic mass is 9.83. The van der Waals surface area contributed by atoms with Crippen LogP contribution in [-0.2, 0) is 14.3 Å². The normalized spacial score (nSPS) is 19.2. The van der Waals surface area contributed by atoms with Gasteiger partial charge in [-0.15, -0.1) is 0 Å². The standard InChI is InChI=1S/C28H33F2N5O5/c1-39-17-25-21(26(36)40-2)16-35(28(38)33-25)27(37)32-13-14-34(20-10-11-22(29)23(30)15-20)19-8-6-18(7-9-19)24-5-3-4-12-31-24/h3-5,10-12,15,18-19H,6-9,13-14,16-17H2,1-2H3,(H,32,37)(H,33,38). The summed E-state index contributed by atoms with van der Waals surface area (Å²) < 4.78 is 37.7. The monoisotopic (exact) mass is 557 g/mol. The van der Waals surface area contributed by atoms with Gasteiger partial charge in [-0.2, -0.15) is 0 Å². The fourth-order valence-corrected chi connectivity index (χ4v) is 5.21. The van der Waals surface area contributed by atoms with Crippen LogP contribution >= 0.6 is 0 Å². The van der Waals surface area contributed by atoms with Crippen molar-refractivity contribution < 1.29 is 32.6 Å². The summed E-state index contributed by atoms with van der Waals surface area (Å²) >= 11 is 0. The van der Waals surface area contributed by atoms with E-state index in [1.165, 1.54) is 20.3 Å². The largest absolute Gasteiger partial charge is 0.466 e. The van der Waals surface area contributed by atoms with Crippen LogP contribution in [0.4, 0.5) is 24.1 Å². The highest BCUT2D eigenvalue weighted by Crippen LogP contribution is 2.35.